The highest BCUT2D eigenvalue weighted by molar-refractivity contribution is 7.09. The number of rotatable bonds is 9. The van der Waals surface area contributed by atoms with Gasteiger partial charge in [0.15, 0.2) is 0 Å². The number of hydrogen-bond acceptors (Lipinski definition) is 7. The molecule has 2 spiro atoms. The standard InChI is InChI=1S/C30H45N5O4S/c1-17-32-21(15-40-17)34-23(27(2,3)4)26(39)35-16-30(28(5,6)29(30)11-8-12-29)14-20(35)25(38)33-19(22(36)24(31)37)13-18-9-7-10-18/h15,18-20,23,34H,7-14,16H2,1-6H3,(H2,31,37)(H,33,38)/t19?,20-,23+,30+/m0/s1. The second kappa shape index (κ2) is 9.81. The number of likely N-dealkylation sites (tertiary alicyclic amines) is 1. The van der Waals surface area contributed by atoms with Crippen molar-refractivity contribution in [2.24, 2.45) is 33.3 Å². The van der Waals surface area contributed by atoms with Crippen LogP contribution in [0.5, 0.6) is 0 Å². The molecule has 1 aliphatic heterocycles. The van der Waals surface area contributed by atoms with Crippen LogP contribution in [0, 0.1) is 34.5 Å². The van der Waals surface area contributed by atoms with Crippen molar-refractivity contribution < 1.29 is 19.2 Å². The molecule has 4 atom stereocenters. The van der Waals surface area contributed by atoms with Crippen molar-refractivity contribution in [2.75, 3.05) is 11.9 Å². The summed E-state index contributed by atoms with van der Waals surface area (Å²) in [5.41, 5.74) is 4.92. The minimum atomic E-state index is -1.03. The highest BCUT2D eigenvalue weighted by Gasteiger charge is 2.85. The lowest BCUT2D eigenvalue weighted by Crippen LogP contribution is -2.57. The van der Waals surface area contributed by atoms with Gasteiger partial charge >= 0.3 is 0 Å². The van der Waals surface area contributed by atoms with E-state index in [0.29, 0.717) is 25.2 Å². The molecule has 2 heterocycles. The summed E-state index contributed by atoms with van der Waals surface area (Å²) in [6, 6.07) is -2.28. The van der Waals surface area contributed by atoms with Crippen LogP contribution in [0.4, 0.5) is 5.82 Å². The van der Waals surface area contributed by atoms with Gasteiger partial charge < -0.3 is 21.3 Å². The third-order valence-electron chi connectivity index (χ3n) is 11.1. The fraction of sp³-hybridized carbons (Fsp3) is 0.767. The van der Waals surface area contributed by atoms with E-state index in [1.54, 1.807) is 4.90 Å². The molecule has 220 valence electrons. The van der Waals surface area contributed by atoms with E-state index in [1.165, 1.54) is 17.8 Å². The van der Waals surface area contributed by atoms with Crippen LogP contribution < -0.4 is 16.4 Å². The highest BCUT2D eigenvalue weighted by atomic mass is 32.1. The van der Waals surface area contributed by atoms with E-state index in [2.05, 4.69) is 29.5 Å². The molecule has 0 aromatic carbocycles. The Labute approximate surface area is 241 Å². The van der Waals surface area contributed by atoms with E-state index < -0.39 is 35.2 Å². The average molecular weight is 572 g/mol. The number of nitrogens with two attached hydrogens (primary N) is 1. The van der Waals surface area contributed by atoms with Gasteiger partial charge in [-0.1, -0.05) is 60.3 Å². The summed E-state index contributed by atoms with van der Waals surface area (Å²) < 4.78 is 0. The zero-order valence-corrected chi connectivity index (χ0v) is 25.6. The fourth-order valence-corrected chi connectivity index (χ4v) is 8.74. The van der Waals surface area contributed by atoms with Gasteiger partial charge in [0.05, 0.1) is 11.0 Å². The lowest BCUT2D eigenvalue weighted by atomic mass is 9.73. The van der Waals surface area contributed by atoms with Crippen LogP contribution in [0.2, 0.25) is 0 Å². The number of nitrogens with one attached hydrogen (secondary N) is 2. The number of carbonyl (C=O) groups is 4. The Morgan fingerprint density at radius 1 is 1.15 bits per heavy atom. The zero-order chi connectivity index (χ0) is 29.3. The number of anilines is 1. The third kappa shape index (κ3) is 4.45. The first-order chi connectivity index (χ1) is 18.6. The Kier molecular flexibility index (Phi) is 7.12. The van der Waals surface area contributed by atoms with Crippen LogP contribution in [-0.2, 0) is 19.2 Å². The molecule has 1 saturated heterocycles. The molecule has 9 nitrogen and oxygen atoms in total. The molecule has 4 aliphatic rings. The van der Waals surface area contributed by atoms with Gasteiger partial charge in [-0.15, -0.1) is 11.3 Å². The molecule has 4 fully saturated rings. The number of thiazole rings is 1. The van der Waals surface area contributed by atoms with E-state index in [4.69, 9.17) is 5.73 Å². The average Bonchev–Trinajstić information content (AvgIpc) is 3.19. The molecule has 40 heavy (non-hydrogen) atoms. The molecule has 0 radical (unpaired) electrons. The normalized spacial score (nSPS) is 27.9. The molecule has 1 aromatic heterocycles. The summed E-state index contributed by atoms with van der Waals surface area (Å²) in [5, 5.41) is 9.08. The molecule has 0 bridgehead atoms. The number of Topliss-reactive ketones (excluding diaryl/α,β-unsaturated/α-hetero) is 1. The van der Waals surface area contributed by atoms with Crippen molar-refractivity contribution in [3.05, 3.63) is 10.4 Å². The van der Waals surface area contributed by atoms with Crippen LogP contribution in [0.1, 0.15) is 91.0 Å². The molecule has 1 unspecified atom stereocenters. The summed E-state index contributed by atoms with van der Waals surface area (Å²) >= 11 is 1.52. The lowest BCUT2D eigenvalue weighted by Gasteiger charge is -2.36. The Morgan fingerprint density at radius 3 is 2.27 bits per heavy atom. The van der Waals surface area contributed by atoms with Gasteiger partial charge in [0.25, 0.3) is 5.91 Å². The Morgan fingerprint density at radius 2 is 1.82 bits per heavy atom. The largest absolute Gasteiger partial charge is 0.363 e. The predicted molar refractivity (Wildman–Crippen MR) is 154 cm³/mol. The SMILES string of the molecule is Cc1nc(N[C@H](C(=O)N2C[C@]3(C[C@H]2C(=O)NC(CC2CCC2)C(=O)C(N)=O)C(C)(C)C32CCC2)C(C)(C)C)cs1. The molecular weight excluding hydrogens is 526 g/mol. The first kappa shape index (κ1) is 29.0. The van der Waals surface area contributed by atoms with Gasteiger partial charge in [-0.25, -0.2) is 4.98 Å². The van der Waals surface area contributed by atoms with E-state index >= 15 is 0 Å². The number of aromatic nitrogens is 1. The van der Waals surface area contributed by atoms with Crippen LogP contribution in [0.15, 0.2) is 5.38 Å². The molecule has 3 aliphatic carbocycles. The maximum absolute atomic E-state index is 14.4. The van der Waals surface area contributed by atoms with Gasteiger partial charge in [0, 0.05) is 17.3 Å². The quantitative estimate of drug-likeness (QED) is 0.386. The van der Waals surface area contributed by atoms with Gasteiger partial charge in [-0.2, -0.15) is 0 Å². The van der Waals surface area contributed by atoms with Crippen molar-refractivity contribution in [1.82, 2.24) is 15.2 Å². The molecule has 4 N–H and O–H groups in total. The summed E-state index contributed by atoms with van der Waals surface area (Å²) in [6.45, 7) is 13.0. The Hall–Kier alpha value is -2.49. The number of hydrogen-bond donors (Lipinski definition) is 3. The topological polar surface area (TPSA) is 134 Å². The van der Waals surface area contributed by atoms with Crippen molar-refractivity contribution in [3.8, 4) is 0 Å². The zero-order valence-electron chi connectivity index (χ0n) is 24.8. The molecule has 5 rings (SSSR count). The molecule has 10 heteroatoms. The van der Waals surface area contributed by atoms with Crippen LogP contribution >= 0.6 is 11.3 Å². The van der Waals surface area contributed by atoms with Crippen LogP contribution in [0.3, 0.4) is 0 Å². The highest BCUT2D eigenvalue weighted by Crippen LogP contribution is 2.88. The van der Waals surface area contributed by atoms with Crippen molar-refractivity contribution >= 4 is 40.7 Å². The first-order valence-electron chi connectivity index (χ1n) is 14.8. The van der Waals surface area contributed by atoms with Crippen LogP contribution in [-0.4, -0.2) is 58.1 Å². The van der Waals surface area contributed by atoms with Crippen molar-refractivity contribution in [1.29, 1.82) is 0 Å². The molecule has 1 aromatic rings. The number of primary amides is 1. The number of amides is 3. The summed E-state index contributed by atoms with van der Waals surface area (Å²) in [6.07, 6.45) is 7.39. The minimum Gasteiger partial charge on any atom is -0.363 e. The summed E-state index contributed by atoms with van der Waals surface area (Å²) in [7, 11) is 0. The van der Waals surface area contributed by atoms with Gasteiger partial charge in [-0.05, 0) is 54.8 Å². The van der Waals surface area contributed by atoms with Crippen molar-refractivity contribution in [2.45, 2.75) is 111 Å². The van der Waals surface area contributed by atoms with Crippen molar-refractivity contribution in [3.63, 3.8) is 0 Å². The van der Waals surface area contributed by atoms with E-state index in [0.717, 1.165) is 37.1 Å². The van der Waals surface area contributed by atoms with Gasteiger partial charge in [0.2, 0.25) is 17.6 Å². The van der Waals surface area contributed by atoms with Crippen LogP contribution in [0.25, 0.3) is 0 Å². The second-order valence-corrected chi connectivity index (χ2v) is 15.4. The predicted octanol–water partition coefficient (Wildman–Crippen LogP) is 3.80. The first-order valence-corrected chi connectivity index (χ1v) is 15.6. The lowest BCUT2D eigenvalue weighted by molar-refractivity contribution is -0.142. The van der Waals surface area contributed by atoms with Gasteiger partial charge in [0.1, 0.15) is 17.9 Å². The van der Waals surface area contributed by atoms with E-state index in [1.807, 2.05) is 33.1 Å². The Balaban J connectivity index is 1.44. The minimum absolute atomic E-state index is 0.0108. The molecule has 3 saturated carbocycles. The smallest absolute Gasteiger partial charge is 0.287 e. The number of nitrogens with zero attached hydrogens (tertiary/aromatic N) is 2. The summed E-state index contributed by atoms with van der Waals surface area (Å²) in [5.74, 6) is -1.35. The number of ketones is 1. The second-order valence-electron chi connectivity index (χ2n) is 14.3. The number of aryl methyl sites for hydroxylation is 1. The van der Waals surface area contributed by atoms with Gasteiger partial charge in [-0.3, -0.25) is 19.2 Å². The maximum Gasteiger partial charge on any atom is 0.287 e. The molecular formula is C30H45N5O4S. The maximum atomic E-state index is 14.4. The number of fused-ring (bicyclic) bond motifs is 1. The fourth-order valence-electron chi connectivity index (χ4n) is 8.19. The Bertz CT molecular complexity index is 1210. The molecule has 3 amide bonds. The summed E-state index contributed by atoms with van der Waals surface area (Å²) in [4.78, 5) is 59.4. The third-order valence-corrected chi connectivity index (χ3v) is 11.9. The van der Waals surface area contributed by atoms with E-state index in [9.17, 15) is 19.2 Å². The monoisotopic (exact) mass is 571 g/mol. The van der Waals surface area contributed by atoms with E-state index in [-0.39, 0.29) is 34.0 Å². The number of carbonyl (C=O) groups excluding carboxylic acids is 4.